The summed E-state index contributed by atoms with van der Waals surface area (Å²) in [6.45, 7) is 2.40. The molecule has 1 aliphatic rings. The molecule has 3 rings (SSSR count). The SMILES string of the molecule is CC1CN(C(=O)c2ccc([N+](=O)[O-])cc2Cl)CCN1C(=O)c1ccc([N+](=O)[O-])cc1Cl. The molecule has 0 spiro atoms. The summed E-state index contributed by atoms with van der Waals surface area (Å²) < 4.78 is 0. The lowest BCUT2D eigenvalue weighted by molar-refractivity contribution is -0.385. The molecule has 10 nitrogen and oxygen atoms in total. The van der Waals surface area contributed by atoms with E-state index < -0.39 is 21.7 Å². The van der Waals surface area contributed by atoms with Crippen molar-refractivity contribution >= 4 is 46.4 Å². The van der Waals surface area contributed by atoms with E-state index in [1.807, 2.05) is 0 Å². The Morgan fingerprint density at radius 1 is 0.903 bits per heavy atom. The zero-order chi connectivity index (χ0) is 22.9. The van der Waals surface area contributed by atoms with Gasteiger partial charge in [0.2, 0.25) is 0 Å². The lowest BCUT2D eigenvalue weighted by atomic mass is 10.1. The fraction of sp³-hybridized carbons (Fsp3) is 0.263. The molecule has 0 saturated carbocycles. The van der Waals surface area contributed by atoms with Gasteiger partial charge in [-0.25, -0.2) is 0 Å². The highest BCUT2D eigenvalue weighted by atomic mass is 35.5. The molecule has 1 heterocycles. The first-order valence-corrected chi connectivity index (χ1v) is 9.84. The number of nitrogens with zero attached hydrogens (tertiary/aromatic N) is 4. The average molecular weight is 467 g/mol. The molecular weight excluding hydrogens is 451 g/mol. The van der Waals surface area contributed by atoms with Crippen LogP contribution in [0.25, 0.3) is 0 Å². The summed E-state index contributed by atoms with van der Waals surface area (Å²) >= 11 is 12.1. The fourth-order valence-electron chi connectivity index (χ4n) is 3.35. The second-order valence-electron chi connectivity index (χ2n) is 6.94. The highest BCUT2D eigenvalue weighted by molar-refractivity contribution is 6.34. The third kappa shape index (κ3) is 4.59. The minimum Gasteiger partial charge on any atom is -0.335 e. The number of amides is 2. The Morgan fingerprint density at radius 3 is 1.81 bits per heavy atom. The number of nitro benzene ring substituents is 2. The Bertz CT molecular complexity index is 1090. The number of carbonyl (C=O) groups excluding carboxylic acids is 2. The van der Waals surface area contributed by atoms with Crippen LogP contribution in [0.3, 0.4) is 0 Å². The van der Waals surface area contributed by atoms with Gasteiger partial charge in [-0.15, -0.1) is 0 Å². The van der Waals surface area contributed by atoms with E-state index in [2.05, 4.69) is 0 Å². The summed E-state index contributed by atoms with van der Waals surface area (Å²) in [5.74, 6) is -0.792. The van der Waals surface area contributed by atoms with Gasteiger partial charge in [-0.3, -0.25) is 29.8 Å². The summed E-state index contributed by atoms with van der Waals surface area (Å²) in [5.41, 5.74) is -0.162. The maximum atomic E-state index is 12.9. The van der Waals surface area contributed by atoms with Crippen LogP contribution in [-0.2, 0) is 0 Å². The molecule has 2 aromatic rings. The van der Waals surface area contributed by atoms with Gasteiger partial charge in [0.15, 0.2) is 0 Å². The van der Waals surface area contributed by atoms with Gasteiger partial charge in [-0.05, 0) is 19.1 Å². The van der Waals surface area contributed by atoms with Crippen LogP contribution in [0.4, 0.5) is 11.4 Å². The van der Waals surface area contributed by atoms with Crippen molar-refractivity contribution in [1.82, 2.24) is 9.80 Å². The van der Waals surface area contributed by atoms with E-state index in [-0.39, 0.29) is 58.2 Å². The number of non-ortho nitro benzene ring substituents is 2. The predicted octanol–water partition coefficient (Wildman–Crippen LogP) is 3.80. The van der Waals surface area contributed by atoms with Crippen LogP contribution in [0.1, 0.15) is 27.6 Å². The van der Waals surface area contributed by atoms with E-state index in [0.29, 0.717) is 0 Å². The standard InChI is InChI=1S/C19H16Cl2N4O6/c1-11-10-22(18(26)14-4-2-12(24(28)29)8-16(14)20)6-7-23(11)19(27)15-5-3-13(25(30)31)9-17(15)21/h2-5,8-9,11H,6-7,10H2,1H3. The molecule has 0 bridgehead atoms. The second kappa shape index (κ2) is 8.86. The molecule has 1 fully saturated rings. The number of piperazine rings is 1. The van der Waals surface area contributed by atoms with Crippen LogP contribution >= 0.6 is 23.2 Å². The van der Waals surface area contributed by atoms with Gasteiger partial charge in [0.1, 0.15) is 0 Å². The van der Waals surface area contributed by atoms with Gasteiger partial charge in [-0.2, -0.15) is 0 Å². The number of hydrogen-bond donors (Lipinski definition) is 0. The van der Waals surface area contributed by atoms with E-state index in [9.17, 15) is 29.8 Å². The molecule has 12 heteroatoms. The van der Waals surface area contributed by atoms with E-state index in [0.717, 1.165) is 12.1 Å². The van der Waals surface area contributed by atoms with E-state index >= 15 is 0 Å². The lowest BCUT2D eigenvalue weighted by Crippen LogP contribution is -2.55. The molecular formula is C19H16Cl2N4O6. The summed E-state index contributed by atoms with van der Waals surface area (Å²) in [6, 6.07) is 6.91. The first-order chi connectivity index (χ1) is 14.6. The Morgan fingerprint density at radius 2 is 1.39 bits per heavy atom. The number of halogens is 2. The van der Waals surface area contributed by atoms with Crippen molar-refractivity contribution in [3.63, 3.8) is 0 Å². The van der Waals surface area contributed by atoms with Gasteiger partial charge in [0.25, 0.3) is 23.2 Å². The molecule has 1 saturated heterocycles. The average Bonchev–Trinajstić information content (AvgIpc) is 2.72. The molecule has 1 unspecified atom stereocenters. The molecule has 2 aromatic carbocycles. The second-order valence-corrected chi connectivity index (χ2v) is 7.76. The number of carbonyl (C=O) groups is 2. The van der Waals surface area contributed by atoms with Gasteiger partial charge in [0.05, 0.1) is 31.0 Å². The summed E-state index contributed by atoms with van der Waals surface area (Å²) in [4.78, 5) is 49.3. The van der Waals surface area contributed by atoms with Gasteiger partial charge >= 0.3 is 0 Å². The van der Waals surface area contributed by atoms with Crippen LogP contribution < -0.4 is 0 Å². The number of hydrogen-bond acceptors (Lipinski definition) is 6. The number of rotatable bonds is 4. The Hall–Kier alpha value is -3.24. The highest BCUT2D eigenvalue weighted by Crippen LogP contribution is 2.27. The summed E-state index contributed by atoms with van der Waals surface area (Å²) in [6.07, 6.45) is 0. The smallest absolute Gasteiger partial charge is 0.270 e. The van der Waals surface area contributed by atoms with Crippen LogP contribution in [0.2, 0.25) is 10.0 Å². The molecule has 0 radical (unpaired) electrons. The maximum absolute atomic E-state index is 12.9. The molecule has 31 heavy (non-hydrogen) atoms. The lowest BCUT2D eigenvalue weighted by Gasteiger charge is -2.40. The number of benzene rings is 2. The molecule has 2 amide bonds. The van der Waals surface area contributed by atoms with Gasteiger partial charge in [0, 0.05) is 49.9 Å². The topological polar surface area (TPSA) is 127 Å². The molecule has 1 aliphatic heterocycles. The molecule has 0 aromatic heterocycles. The highest BCUT2D eigenvalue weighted by Gasteiger charge is 2.32. The Balaban J connectivity index is 1.73. The van der Waals surface area contributed by atoms with Gasteiger partial charge < -0.3 is 9.80 Å². The van der Waals surface area contributed by atoms with Crippen LogP contribution in [0.15, 0.2) is 36.4 Å². The molecule has 0 N–H and O–H groups in total. The van der Waals surface area contributed by atoms with Crippen molar-refractivity contribution in [3.8, 4) is 0 Å². The van der Waals surface area contributed by atoms with Crippen molar-refractivity contribution in [2.24, 2.45) is 0 Å². The van der Waals surface area contributed by atoms with Crippen molar-refractivity contribution in [2.45, 2.75) is 13.0 Å². The molecule has 0 aliphatic carbocycles. The monoisotopic (exact) mass is 466 g/mol. The third-order valence-corrected chi connectivity index (χ3v) is 5.59. The van der Waals surface area contributed by atoms with E-state index in [4.69, 9.17) is 23.2 Å². The zero-order valence-corrected chi connectivity index (χ0v) is 17.7. The first-order valence-electron chi connectivity index (χ1n) is 9.08. The minimum atomic E-state index is -0.601. The largest absolute Gasteiger partial charge is 0.335 e. The third-order valence-electron chi connectivity index (χ3n) is 4.96. The van der Waals surface area contributed by atoms with Crippen molar-refractivity contribution in [3.05, 3.63) is 77.8 Å². The summed E-state index contributed by atoms with van der Waals surface area (Å²) in [7, 11) is 0. The first kappa shape index (κ1) is 22.4. The van der Waals surface area contributed by atoms with Crippen molar-refractivity contribution in [1.29, 1.82) is 0 Å². The normalized spacial score (nSPS) is 16.2. The zero-order valence-electron chi connectivity index (χ0n) is 16.2. The summed E-state index contributed by atoms with van der Waals surface area (Å²) in [5, 5.41) is 21.6. The van der Waals surface area contributed by atoms with Crippen LogP contribution in [-0.4, -0.2) is 57.1 Å². The predicted molar refractivity (Wildman–Crippen MR) is 113 cm³/mol. The van der Waals surface area contributed by atoms with E-state index in [1.165, 1.54) is 34.1 Å². The Kier molecular flexibility index (Phi) is 6.42. The fourth-order valence-corrected chi connectivity index (χ4v) is 3.86. The maximum Gasteiger partial charge on any atom is 0.270 e. The van der Waals surface area contributed by atoms with Crippen LogP contribution in [0.5, 0.6) is 0 Å². The van der Waals surface area contributed by atoms with E-state index in [1.54, 1.807) is 6.92 Å². The van der Waals surface area contributed by atoms with Crippen LogP contribution in [0, 0.1) is 20.2 Å². The van der Waals surface area contributed by atoms with Crippen molar-refractivity contribution < 1.29 is 19.4 Å². The number of nitro groups is 2. The molecule has 162 valence electrons. The van der Waals surface area contributed by atoms with Crippen molar-refractivity contribution in [2.75, 3.05) is 19.6 Å². The quantitative estimate of drug-likeness (QED) is 0.497. The minimum absolute atomic E-state index is 0.0250. The van der Waals surface area contributed by atoms with Gasteiger partial charge in [-0.1, -0.05) is 23.2 Å². The molecule has 1 atom stereocenters. The Labute approximate surface area is 186 Å².